The molecule has 0 N–H and O–H groups in total. The highest BCUT2D eigenvalue weighted by Crippen LogP contribution is 2.26. The zero-order valence-electron chi connectivity index (χ0n) is 25.5. The number of carbonyl (C=O) groups is 2. The van der Waals surface area contributed by atoms with Gasteiger partial charge >= 0.3 is 0 Å². The van der Waals surface area contributed by atoms with Crippen LogP contribution in [-0.4, -0.2) is 66.1 Å². The lowest BCUT2D eigenvalue weighted by Gasteiger charge is -2.32. The average molecular weight is 542 g/mol. The second kappa shape index (κ2) is 15.7. The van der Waals surface area contributed by atoms with Crippen molar-refractivity contribution in [2.24, 2.45) is 11.3 Å². The minimum atomic E-state index is -0.0206. The lowest BCUT2D eigenvalue weighted by Crippen LogP contribution is -2.46. The first-order valence-electron chi connectivity index (χ1n) is 14.3. The lowest BCUT2D eigenvalue weighted by molar-refractivity contribution is -0.143. The number of aromatic nitrogens is 1. The van der Waals surface area contributed by atoms with Crippen molar-refractivity contribution in [3.63, 3.8) is 0 Å². The molecule has 0 spiro atoms. The summed E-state index contributed by atoms with van der Waals surface area (Å²) >= 11 is 0. The number of methoxy groups -OCH3 is 2. The van der Waals surface area contributed by atoms with Crippen molar-refractivity contribution in [3.05, 3.63) is 53.9 Å². The van der Waals surface area contributed by atoms with Crippen molar-refractivity contribution in [3.8, 4) is 5.75 Å². The van der Waals surface area contributed by atoms with Gasteiger partial charge in [0.25, 0.3) is 0 Å². The van der Waals surface area contributed by atoms with Crippen LogP contribution in [0.25, 0.3) is 0 Å². The summed E-state index contributed by atoms with van der Waals surface area (Å²) < 4.78 is 12.8. The maximum absolute atomic E-state index is 13.8. The Kier molecular flexibility index (Phi) is 13.1. The highest BCUT2D eigenvalue weighted by molar-refractivity contribution is 5.85. The van der Waals surface area contributed by atoms with Gasteiger partial charge in [0.05, 0.1) is 20.2 Å². The molecule has 2 rings (SSSR count). The summed E-state index contributed by atoms with van der Waals surface area (Å²) in [5.41, 5.74) is 2.35. The van der Waals surface area contributed by atoms with Crippen LogP contribution in [0.2, 0.25) is 0 Å². The fraction of sp³-hybridized carbons (Fsp3) is 0.625. The third-order valence-corrected chi connectivity index (χ3v) is 7.13. The van der Waals surface area contributed by atoms with E-state index < -0.39 is 0 Å². The Labute approximate surface area is 236 Å². The molecule has 1 heterocycles. The van der Waals surface area contributed by atoms with E-state index in [-0.39, 0.29) is 35.7 Å². The second-order valence-electron chi connectivity index (χ2n) is 12.0. The van der Waals surface area contributed by atoms with Gasteiger partial charge in [-0.25, -0.2) is 0 Å². The van der Waals surface area contributed by atoms with Gasteiger partial charge in [0.2, 0.25) is 11.8 Å². The number of hydrogen-bond acceptors (Lipinski definition) is 4. The number of carbonyl (C=O) groups excluding carboxylic acids is 2. The lowest BCUT2D eigenvalue weighted by atomic mass is 9.84. The summed E-state index contributed by atoms with van der Waals surface area (Å²) in [6, 6.07) is 12.2. The summed E-state index contributed by atoms with van der Waals surface area (Å²) in [7, 11) is 3.33. The van der Waals surface area contributed by atoms with Crippen LogP contribution in [0.15, 0.2) is 42.6 Å². The van der Waals surface area contributed by atoms with Crippen LogP contribution in [0.4, 0.5) is 0 Å². The monoisotopic (exact) mass is 541 g/mol. The summed E-state index contributed by atoms with van der Waals surface area (Å²) in [5, 5.41) is 0. The molecule has 7 heteroatoms. The van der Waals surface area contributed by atoms with Gasteiger partial charge in [0.15, 0.2) is 0 Å². The van der Waals surface area contributed by atoms with Gasteiger partial charge < -0.3 is 23.8 Å². The van der Waals surface area contributed by atoms with E-state index in [0.29, 0.717) is 39.1 Å². The molecule has 2 atom stereocenters. The number of rotatable bonds is 16. The van der Waals surface area contributed by atoms with Crippen molar-refractivity contribution in [2.75, 3.05) is 33.9 Å². The minimum absolute atomic E-state index is 0.0206. The van der Waals surface area contributed by atoms with E-state index in [1.807, 2.05) is 35.4 Å². The number of hydrogen-bond donors (Lipinski definition) is 0. The predicted octanol–water partition coefficient (Wildman–Crippen LogP) is 6.00. The molecule has 0 aliphatic rings. The molecular formula is C32H51N3O4. The van der Waals surface area contributed by atoms with Crippen LogP contribution in [0.1, 0.15) is 78.5 Å². The molecule has 0 radical (unpaired) electrons. The quantitative estimate of drug-likeness (QED) is 0.245. The van der Waals surface area contributed by atoms with Crippen molar-refractivity contribution < 1.29 is 19.1 Å². The van der Waals surface area contributed by atoms with Crippen molar-refractivity contribution in [2.45, 2.75) is 86.4 Å². The van der Waals surface area contributed by atoms with Crippen molar-refractivity contribution in [1.29, 1.82) is 0 Å². The van der Waals surface area contributed by atoms with Gasteiger partial charge in [0, 0.05) is 51.2 Å². The second-order valence-corrected chi connectivity index (χ2v) is 12.0. The van der Waals surface area contributed by atoms with E-state index in [9.17, 15) is 9.59 Å². The van der Waals surface area contributed by atoms with Crippen molar-refractivity contribution in [1.82, 2.24) is 14.4 Å². The molecule has 1 aromatic carbocycles. The Balaban J connectivity index is 2.18. The van der Waals surface area contributed by atoms with Gasteiger partial charge in [-0.3, -0.25) is 9.59 Å². The fourth-order valence-corrected chi connectivity index (χ4v) is 5.09. The molecule has 2 unspecified atom stereocenters. The van der Waals surface area contributed by atoms with E-state index in [1.165, 1.54) is 0 Å². The topological polar surface area (TPSA) is 64.0 Å². The van der Waals surface area contributed by atoms with Gasteiger partial charge in [0.1, 0.15) is 5.75 Å². The summed E-state index contributed by atoms with van der Waals surface area (Å²) in [4.78, 5) is 30.8. The molecule has 39 heavy (non-hydrogen) atoms. The smallest absolute Gasteiger partial charge is 0.242 e. The molecule has 218 valence electrons. The Morgan fingerprint density at radius 3 is 2.44 bits per heavy atom. The molecule has 2 amide bonds. The van der Waals surface area contributed by atoms with Crippen LogP contribution in [0, 0.1) is 11.3 Å². The standard InChI is InChI=1S/C32H51N3O4/c1-9-26(3)35(23-28-14-11-16-33(28)22-27-13-10-15-29(20-27)39-8)31(37)24-34(17-12-18-38-7)30(36)19-25(2)21-32(4,5)6/h10-11,13-16,20,25-26H,9,12,17-19,21-24H2,1-8H3. The zero-order valence-corrected chi connectivity index (χ0v) is 25.5. The summed E-state index contributed by atoms with van der Waals surface area (Å²) in [5.74, 6) is 1.10. The molecule has 0 aliphatic heterocycles. The maximum atomic E-state index is 13.8. The van der Waals surface area contributed by atoms with Gasteiger partial charge in [-0.05, 0) is 67.3 Å². The highest BCUT2D eigenvalue weighted by atomic mass is 16.5. The van der Waals surface area contributed by atoms with E-state index in [4.69, 9.17) is 9.47 Å². The van der Waals surface area contributed by atoms with Crippen LogP contribution in [0.3, 0.4) is 0 Å². The molecule has 1 aromatic heterocycles. The Bertz CT molecular complexity index is 1030. The third kappa shape index (κ3) is 11.1. The first kappa shape index (κ1) is 32.4. The first-order valence-corrected chi connectivity index (χ1v) is 14.3. The first-order chi connectivity index (χ1) is 18.5. The van der Waals surface area contributed by atoms with Gasteiger partial charge in [-0.15, -0.1) is 0 Å². The molecule has 7 nitrogen and oxygen atoms in total. The number of ether oxygens (including phenoxy) is 2. The summed E-state index contributed by atoms with van der Waals surface area (Å²) in [6.45, 7) is 15.2. The number of nitrogens with zero attached hydrogens (tertiary/aromatic N) is 3. The summed E-state index contributed by atoms with van der Waals surface area (Å²) in [6.07, 6.45) is 5.00. The Morgan fingerprint density at radius 2 is 1.79 bits per heavy atom. The normalized spacial score (nSPS) is 13.1. The van der Waals surface area contributed by atoms with E-state index in [2.05, 4.69) is 58.2 Å². The zero-order chi connectivity index (χ0) is 29.0. The molecule has 2 aromatic rings. The fourth-order valence-electron chi connectivity index (χ4n) is 5.09. The van der Waals surface area contributed by atoms with Crippen LogP contribution >= 0.6 is 0 Å². The SMILES string of the molecule is CCC(C)N(Cc1cccn1Cc1cccc(OC)c1)C(=O)CN(CCCOC)C(=O)CC(C)CC(C)(C)C. The van der Waals surface area contributed by atoms with E-state index >= 15 is 0 Å². The van der Waals surface area contributed by atoms with Crippen LogP contribution < -0.4 is 4.74 Å². The molecule has 0 aliphatic carbocycles. The minimum Gasteiger partial charge on any atom is -0.497 e. The largest absolute Gasteiger partial charge is 0.497 e. The van der Waals surface area contributed by atoms with Crippen LogP contribution in [0.5, 0.6) is 5.75 Å². The van der Waals surface area contributed by atoms with E-state index in [0.717, 1.165) is 29.8 Å². The van der Waals surface area contributed by atoms with Gasteiger partial charge in [-0.2, -0.15) is 0 Å². The predicted molar refractivity (Wildman–Crippen MR) is 158 cm³/mol. The van der Waals surface area contributed by atoms with Gasteiger partial charge in [-0.1, -0.05) is 46.8 Å². The third-order valence-electron chi connectivity index (χ3n) is 7.13. The maximum Gasteiger partial charge on any atom is 0.242 e. The average Bonchev–Trinajstić information content (AvgIpc) is 3.31. The molecule has 0 saturated carbocycles. The van der Waals surface area contributed by atoms with Crippen molar-refractivity contribution >= 4 is 11.8 Å². The molecular weight excluding hydrogens is 490 g/mol. The Morgan fingerprint density at radius 1 is 1.05 bits per heavy atom. The van der Waals surface area contributed by atoms with Crippen LogP contribution in [-0.2, 0) is 27.4 Å². The number of amides is 2. The highest BCUT2D eigenvalue weighted by Gasteiger charge is 2.26. The number of benzene rings is 1. The molecule has 0 fully saturated rings. The Hall–Kier alpha value is -2.80. The van der Waals surface area contributed by atoms with E-state index in [1.54, 1.807) is 19.1 Å². The molecule has 0 saturated heterocycles. The molecule has 0 bridgehead atoms.